The van der Waals surface area contributed by atoms with E-state index in [0.717, 1.165) is 12.8 Å². The summed E-state index contributed by atoms with van der Waals surface area (Å²) in [4.78, 5) is 17.1. The summed E-state index contributed by atoms with van der Waals surface area (Å²) in [5, 5.41) is 9.85. The van der Waals surface area contributed by atoms with Gasteiger partial charge in [-0.3, -0.25) is 4.79 Å². The number of H-pyrrole nitrogens is 1. The van der Waals surface area contributed by atoms with E-state index >= 15 is 0 Å². The van der Waals surface area contributed by atoms with E-state index in [9.17, 15) is 9.90 Å². The number of amides is 1. The fourth-order valence-electron chi connectivity index (χ4n) is 2.61. The number of carbonyl (C=O) groups excluding carboxylic acids is 1. The fourth-order valence-corrected chi connectivity index (χ4v) is 2.61. The molecule has 2 heterocycles. The van der Waals surface area contributed by atoms with Crippen molar-refractivity contribution in [3.63, 3.8) is 0 Å². The molecule has 0 aromatic carbocycles. The minimum absolute atomic E-state index is 0.156. The molecule has 0 saturated carbocycles. The van der Waals surface area contributed by atoms with E-state index in [-0.39, 0.29) is 5.91 Å². The topological polar surface area (TPSA) is 56.3 Å². The lowest BCUT2D eigenvalue weighted by Gasteiger charge is -2.33. The minimum Gasteiger partial charge on any atom is -0.391 e. The standard InChI is InChI=1S/C14H22N2O2/c1-14(2)12(17)8-10-16(14)13(18)7-3-5-11-6-4-9-15-11/h4,6,9,12,15,17H,3,5,7-8,10H2,1-2H3. The Labute approximate surface area is 108 Å². The molecule has 2 N–H and O–H groups in total. The molecule has 0 radical (unpaired) electrons. The Balaban J connectivity index is 1.82. The molecule has 2 rings (SSSR count). The number of rotatable bonds is 4. The SMILES string of the molecule is CC1(C)C(O)CCN1C(=O)CCCc1ccc[nH]1. The van der Waals surface area contributed by atoms with Crippen LogP contribution in [0.2, 0.25) is 0 Å². The zero-order chi connectivity index (χ0) is 13.2. The monoisotopic (exact) mass is 250 g/mol. The van der Waals surface area contributed by atoms with Crippen LogP contribution < -0.4 is 0 Å². The van der Waals surface area contributed by atoms with Crippen molar-refractivity contribution in [2.45, 2.75) is 51.2 Å². The highest BCUT2D eigenvalue weighted by Gasteiger charge is 2.42. The third-order valence-corrected chi connectivity index (χ3v) is 3.94. The number of aromatic amines is 1. The van der Waals surface area contributed by atoms with Gasteiger partial charge in [0.05, 0.1) is 11.6 Å². The van der Waals surface area contributed by atoms with Gasteiger partial charge in [0.1, 0.15) is 0 Å². The van der Waals surface area contributed by atoms with Crippen LogP contribution in [0, 0.1) is 0 Å². The molecule has 18 heavy (non-hydrogen) atoms. The Morgan fingerprint density at radius 2 is 2.39 bits per heavy atom. The van der Waals surface area contributed by atoms with Crippen LogP contribution in [0.3, 0.4) is 0 Å². The normalized spacial score (nSPS) is 22.4. The van der Waals surface area contributed by atoms with Crippen LogP contribution in [0.4, 0.5) is 0 Å². The van der Waals surface area contributed by atoms with E-state index in [1.807, 2.05) is 37.1 Å². The third-order valence-electron chi connectivity index (χ3n) is 3.94. The highest BCUT2D eigenvalue weighted by atomic mass is 16.3. The van der Waals surface area contributed by atoms with Crippen LogP contribution in [-0.2, 0) is 11.2 Å². The summed E-state index contributed by atoms with van der Waals surface area (Å²) in [5.41, 5.74) is 0.757. The molecule has 1 aromatic heterocycles. The predicted octanol–water partition coefficient (Wildman–Crippen LogP) is 1.71. The van der Waals surface area contributed by atoms with Crippen molar-refractivity contribution in [3.05, 3.63) is 24.0 Å². The number of aliphatic hydroxyl groups excluding tert-OH is 1. The lowest BCUT2D eigenvalue weighted by Crippen LogP contribution is -2.48. The Morgan fingerprint density at radius 1 is 1.61 bits per heavy atom. The van der Waals surface area contributed by atoms with Gasteiger partial charge >= 0.3 is 0 Å². The average Bonchev–Trinajstić information content (AvgIpc) is 2.89. The van der Waals surface area contributed by atoms with Crippen LogP contribution in [0.5, 0.6) is 0 Å². The highest BCUT2D eigenvalue weighted by molar-refractivity contribution is 5.77. The first-order chi connectivity index (χ1) is 8.51. The van der Waals surface area contributed by atoms with Gasteiger partial charge < -0.3 is 15.0 Å². The number of nitrogens with zero attached hydrogens (tertiary/aromatic N) is 1. The largest absolute Gasteiger partial charge is 0.391 e. The minimum atomic E-state index is -0.413. The molecular formula is C14H22N2O2. The van der Waals surface area contributed by atoms with E-state index in [1.165, 1.54) is 5.69 Å². The molecular weight excluding hydrogens is 228 g/mol. The first-order valence-electron chi connectivity index (χ1n) is 6.62. The molecule has 100 valence electrons. The van der Waals surface area contributed by atoms with E-state index in [4.69, 9.17) is 0 Å². The van der Waals surface area contributed by atoms with Crippen LogP contribution in [-0.4, -0.2) is 39.1 Å². The third kappa shape index (κ3) is 2.58. The molecule has 1 atom stereocenters. The predicted molar refractivity (Wildman–Crippen MR) is 70.1 cm³/mol. The Bertz CT molecular complexity index is 398. The van der Waals surface area contributed by atoms with Gasteiger partial charge in [-0.25, -0.2) is 0 Å². The zero-order valence-electron chi connectivity index (χ0n) is 11.1. The first kappa shape index (κ1) is 13.1. The zero-order valence-corrected chi connectivity index (χ0v) is 11.1. The van der Waals surface area contributed by atoms with E-state index < -0.39 is 11.6 Å². The number of hydrogen-bond donors (Lipinski definition) is 2. The van der Waals surface area contributed by atoms with Gasteiger partial charge in [0.2, 0.25) is 5.91 Å². The lowest BCUT2D eigenvalue weighted by molar-refractivity contribution is -0.136. The quantitative estimate of drug-likeness (QED) is 0.854. The second kappa shape index (κ2) is 5.14. The number of aliphatic hydroxyl groups is 1. The van der Waals surface area contributed by atoms with Gasteiger partial charge in [-0.05, 0) is 45.2 Å². The summed E-state index contributed by atoms with van der Waals surface area (Å²) in [7, 11) is 0. The molecule has 1 aliphatic rings. The Hall–Kier alpha value is -1.29. The summed E-state index contributed by atoms with van der Waals surface area (Å²) >= 11 is 0. The number of nitrogens with one attached hydrogen (secondary N) is 1. The van der Waals surface area contributed by atoms with Crippen molar-refractivity contribution in [3.8, 4) is 0 Å². The van der Waals surface area contributed by atoms with Crippen molar-refractivity contribution in [1.82, 2.24) is 9.88 Å². The average molecular weight is 250 g/mol. The lowest BCUT2D eigenvalue weighted by atomic mass is 9.98. The summed E-state index contributed by atoms with van der Waals surface area (Å²) in [6.45, 7) is 4.55. The van der Waals surface area contributed by atoms with Crippen molar-refractivity contribution < 1.29 is 9.90 Å². The Kier molecular flexibility index (Phi) is 3.76. The van der Waals surface area contributed by atoms with Gasteiger partial charge in [-0.1, -0.05) is 0 Å². The Morgan fingerprint density at radius 3 is 2.94 bits per heavy atom. The second-order valence-corrected chi connectivity index (χ2v) is 5.55. The van der Waals surface area contributed by atoms with Gasteiger partial charge in [0.15, 0.2) is 0 Å². The number of aromatic nitrogens is 1. The summed E-state index contributed by atoms with van der Waals surface area (Å²) < 4.78 is 0. The fraction of sp³-hybridized carbons (Fsp3) is 0.643. The van der Waals surface area contributed by atoms with Crippen LogP contribution >= 0.6 is 0 Å². The molecule has 0 aliphatic carbocycles. The molecule has 0 bridgehead atoms. The first-order valence-corrected chi connectivity index (χ1v) is 6.62. The van der Waals surface area contributed by atoms with Crippen molar-refractivity contribution in [2.24, 2.45) is 0 Å². The molecule has 1 amide bonds. The van der Waals surface area contributed by atoms with Gasteiger partial charge in [-0.15, -0.1) is 0 Å². The molecule has 1 saturated heterocycles. The molecule has 4 heteroatoms. The smallest absolute Gasteiger partial charge is 0.223 e. The van der Waals surface area contributed by atoms with Gasteiger partial charge in [0, 0.05) is 24.9 Å². The van der Waals surface area contributed by atoms with Crippen molar-refractivity contribution >= 4 is 5.91 Å². The maximum atomic E-state index is 12.1. The van der Waals surface area contributed by atoms with E-state index in [1.54, 1.807) is 0 Å². The highest BCUT2D eigenvalue weighted by Crippen LogP contribution is 2.29. The van der Waals surface area contributed by atoms with Crippen molar-refractivity contribution in [1.29, 1.82) is 0 Å². The maximum Gasteiger partial charge on any atom is 0.223 e. The van der Waals surface area contributed by atoms with Crippen LogP contribution in [0.25, 0.3) is 0 Å². The van der Waals surface area contributed by atoms with Crippen LogP contribution in [0.15, 0.2) is 18.3 Å². The molecule has 1 aliphatic heterocycles. The summed E-state index contributed by atoms with van der Waals surface area (Å²) in [6.07, 6.45) is 4.49. The van der Waals surface area contributed by atoms with Gasteiger partial charge in [-0.2, -0.15) is 0 Å². The molecule has 1 fully saturated rings. The molecule has 1 aromatic rings. The maximum absolute atomic E-state index is 12.1. The van der Waals surface area contributed by atoms with Crippen LogP contribution in [0.1, 0.15) is 38.8 Å². The van der Waals surface area contributed by atoms with E-state index in [0.29, 0.717) is 19.4 Å². The molecule has 4 nitrogen and oxygen atoms in total. The molecule has 0 spiro atoms. The number of carbonyl (C=O) groups is 1. The summed E-state index contributed by atoms with van der Waals surface area (Å²) in [6, 6.07) is 4.01. The summed E-state index contributed by atoms with van der Waals surface area (Å²) in [5.74, 6) is 0.156. The number of aryl methyl sites for hydroxylation is 1. The molecule has 1 unspecified atom stereocenters. The van der Waals surface area contributed by atoms with Crippen molar-refractivity contribution in [2.75, 3.05) is 6.54 Å². The second-order valence-electron chi connectivity index (χ2n) is 5.55. The number of hydrogen-bond acceptors (Lipinski definition) is 2. The number of likely N-dealkylation sites (tertiary alicyclic amines) is 1. The van der Waals surface area contributed by atoms with E-state index in [2.05, 4.69) is 4.98 Å². The van der Waals surface area contributed by atoms with Gasteiger partial charge in [0.25, 0.3) is 0 Å².